The summed E-state index contributed by atoms with van der Waals surface area (Å²) in [5, 5.41) is 3.28. The summed E-state index contributed by atoms with van der Waals surface area (Å²) in [6.07, 6.45) is 0.863. The van der Waals surface area contributed by atoms with Gasteiger partial charge in [-0.15, -0.1) is 0 Å². The summed E-state index contributed by atoms with van der Waals surface area (Å²) < 4.78 is 2.03. The van der Waals surface area contributed by atoms with Crippen LogP contribution in [0.4, 0.5) is 5.82 Å². The summed E-state index contributed by atoms with van der Waals surface area (Å²) in [6, 6.07) is 6.19. The zero-order chi connectivity index (χ0) is 14.7. The number of aromatic nitrogens is 2. The minimum absolute atomic E-state index is 0.752. The highest BCUT2D eigenvalue weighted by molar-refractivity contribution is 9.11. The maximum Gasteiger partial charge on any atom is 0.161 e. The Balaban J connectivity index is 2.55. The van der Waals surface area contributed by atoms with E-state index in [0.717, 1.165) is 44.8 Å². The van der Waals surface area contributed by atoms with Crippen LogP contribution in [-0.2, 0) is 6.42 Å². The lowest BCUT2D eigenvalue weighted by Crippen LogP contribution is -2.05. The molecule has 2 aromatic rings. The van der Waals surface area contributed by atoms with Crippen LogP contribution >= 0.6 is 31.9 Å². The van der Waals surface area contributed by atoms with Gasteiger partial charge in [-0.1, -0.05) is 35.0 Å². The van der Waals surface area contributed by atoms with E-state index in [2.05, 4.69) is 86.1 Å². The Hall–Kier alpha value is -0.940. The number of rotatable bonds is 4. The molecular formula is C15H17Br2N3. The lowest BCUT2D eigenvalue weighted by atomic mass is 10.1. The van der Waals surface area contributed by atoms with Crippen molar-refractivity contribution in [2.24, 2.45) is 0 Å². The second-order valence-electron chi connectivity index (χ2n) is 4.50. The molecule has 20 heavy (non-hydrogen) atoms. The molecule has 1 N–H and O–H groups in total. The minimum atomic E-state index is 0.752. The topological polar surface area (TPSA) is 37.8 Å². The van der Waals surface area contributed by atoms with Crippen LogP contribution in [0.5, 0.6) is 0 Å². The third kappa shape index (κ3) is 3.20. The lowest BCUT2D eigenvalue weighted by Gasteiger charge is -2.12. The average Bonchev–Trinajstić information content (AvgIpc) is 2.44. The molecule has 5 heteroatoms. The fourth-order valence-electron chi connectivity index (χ4n) is 1.87. The first-order chi connectivity index (χ1) is 9.56. The molecule has 0 saturated carbocycles. The number of nitrogens with zero attached hydrogens (tertiary/aromatic N) is 2. The molecule has 0 atom stereocenters. The molecule has 106 valence electrons. The number of nitrogens with one attached hydrogen (secondary N) is 1. The summed E-state index contributed by atoms with van der Waals surface area (Å²) in [5.41, 5.74) is 3.24. The van der Waals surface area contributed by atoms with Crippen molar-refractivity contribution in [1.29, 1.82) is 0 Å². The molecule has 1 aromatic heterocycles. The van der Waals surface area contributed by atoms with Crippen molar-refractivity contribution in [2.45, 2.75) is 27.2 Å². The minimum Gasteiger partial charge on any atom is -0.369 e. The Morgan fingerprint density at radius 1 is 1.15 bits per heavy atom. The summed E-state index contributed by atoms with van der Waals surface area (Å²) in [5.74, 6) is 1.60. The zero-order valence-electron chi connectivity index (χ0n) is 11.8. The Labute approximate surface area is 136 Å². The molecular weight excluding hydrogens is 382 g/mol. The van der Waals surface area contributed by atoms with Crippen LogP contribution in [0.2, 0.25) is 0 Å². The van der Waals surface area contributed by atoms with Gasteiger partial charge in [0, 0.05) is 16.6 Å². The van der Waals surface area contributed by atoms with E-state index >= 15 is 0 Å². The van der Waals surface area contributed by atoms with Crippen molar-refractivity contribution in [1.82, 2.24) is 9.97 Å². The molecule has 0 bridgehead atoms. The predicted molar refractivity (Wildman–Crippen MR) is 91.1 cm³/mol. The number of anilines is 1. The first-order valence-corrected chi connectivity index (χ1v) is 8.22. The third-order valence-electron chi connectivity index (χ3n) is 3.03. The van der Waals surface area contributed by atoms with Gasteiger partial charge in [0.1, 0.15) is 5.82 Å². The highest BCUT2D eigenvalue weighted by atomic mass is 79.9. The van der Waals surface area contributed by atoms with Gasteiger partial charge >= 0.3 is 0 Å². The second-order valence-corrected chi connectivity index (χ2v) is 6.15. The largest absolute Gasteiger partial charge is 0.369 e. The fraction of sp³-hybridized carbons (Fsp3) is 0.333. The van der Waals surface area contributed by atoms with Crippen LogP contribution in [0.3, 0.4) is 0 Å². The zero-order valence-corrected chi connectivity index (χ0v) is 15.0. The van der Waals surface area contributed by atoms with Crippen molar-refractivity contribution in [3.63, 3.8) is 0 Å². The molecule has 0 radical (unpaired) electrons. The number of hydrogen-bond acceptors (Lipinski definition) is 3. The van der Waals surface area contributed by atoms with Gasteiger partial charge in [-0.3, -0.25) is 0 Å². The molecule has 1 aromatic carbocycles. The van der Waals surface area contributed by atoms with Crippen molar-refractivity contribution in [2.75, 3.05) is 11.9 Å². The van der Waals surface area contributed by atoms with Crippen LogP contribution in [0, 0.1) is 6.92 Å². The smallest absolute Gasteiger partial charge is 0.161 e. The first-order valence-electron chi connectivity index (χ1n) is 6.63. The van der Waals surface area contributed by atoms with Gasteiger partial charge in [0.2, 0.25) is 0 Å². The van der Waals surface area contributed by atoms with E-state index in [4.69, 9.17) is 0 Å². The SMILES string of the molecule is CCNc1nc(-c2ccc(C)c(Br)c2)nc(CC)c1Br. The monoisotopic (exact) mass is 397 g/mol. The van der Waals surface area contributed by atoms with Crippen LogP contribution < -0.4 is 5.32 Å². The number of aryl methyl sites for hydroxylation is 2. The molecule has 0 amide bonds. The van der Waals surface area contributed by atoms with Gasteiger partial charge < -0.3 is 5.32 Å². The quantitative estimate of drug-likeness (QED) is 0.789. The highest BCUT2D eigenvalue weighted by Gasteiger charge is 2.12. The van der Waals surface area contributed by atoms with Crippen molar-refractivity contribution in [3.8, 4) is 11.4 Å². The molecule has 0 unspecified atom stereocenters. The normalized spacial score (nSPS) is 10.7. The molecule has 1 heterocycles. The molecule has 0 fully saturated rings. The van der Waals surface area contributed by atoms with Crippen molar-refractivity contribution in [3.05, 3.63) is 38.4 Å². The molecule has 0 aliphatic carbocycles. The first kappa shape index (κ1) is 15.4. The third-order valence-corrected chi connectivity index (χ3v) is 4.72. The summed E-state index contributed by atoms with van der Waals surface area (Å²) >= 11 is 7.14. The van der Waals surface area contributed by atoms with Gasteiger partial charge in [-0.2, -0.15) is 0 Å². The number of benzene rings is 1. The maximum atomic E-state index is 4.66. The Bertz CT molecular complexity index is 627. The lowest BCUT2D eigenvalue weighted by molar-refractivity contribution is 0.984. The van der Waals surface area contributed by atoms with Gasteiger partial charge in [-0.25, -0.2) is 9.97 Å². The van der Waals surface area contributed by atoms with Crippen molar-refractivity contribution < 1.29 is 0 Å². The molecule has 0 saturated heterocycles. The summed E-state index contributed by atoms with van der Waals surface area (Å²) in [7, 11) is 0. The standard InChI is InChI=1S/C15H17Br2N3/c1-4-12-13(17)15(18-5-2)20-14(19-12)10-7-6-9(3)11(16)8-10/h6-8H,4-5H2,1-3H3,(H,18,19,20). The highest BCUT2D eigenvalue weighted by Crippen LogP contribution is 2.29. The van der Waals surface area contributed by atoms with Crippen LogP contribution in [-0.4, -0.2) is 16.5 Å². The Morgan fingerprint density at radius 2 is 1.90 bits per heavy atom. The average molecular weight is 399 g/mol. The fourth-order valence-corrected chi connectivity index (χ4v) is 2.85. The second kappa shape index (κ2) is 6.68. The Morgan fingerprint density at radius 3 is 2.50 bits per heavy atom. The van der Waals surface area contributed by atoms with E-state index in [-0.39, 0.29) is 0 Å². The molecule has 0 aliphatic heterocycles. The maximum absolute atomic E-state index is 4.66. The van der Waals surface area contributed by atoms with E-state index in [1.807, 2.05) is 0 Å². The van der Waals surface area contributed by atoms with Crippen LogP contribution in [0.1, 0.15) is 25.1 Å². The van der Waals surface area contributed by atoms with E-state index in [1.54, 1.807) is 0 Å². The van der Waals surface area contributed by atoms with E-state index < -0.39 is 0 Å². The van der Waals surface area contributed by atoms with Gasteiger partial charge in [0.25, 0.3) is 0 Å². The van der Waals surface area contributed by atoms with Gasteiger partial charge in [0.15, 0.2) is 5.82 Å². The Kier molecular flexibility index (Phi) is 5.16. The van der Waals surface area contributed by atoms with Gasteiger partial charge in [0.05, 0.1) is 10.2 Å². The van der Waals surface area contributed by atoms with Crippen molar-refractivity contribution >= 4 is 37.7 Å². The van der Waals surface area contributed by atoms with Crippen LogP contribution in [0.25, 0.3) is 11.4 Å². The molecule has 2 rings (SSSR count). The van der Waals surface area contributed by atoms with E-state index in [1.165, 1.54) is 5.56 Å². The van der Waals surface area contributed by atoms with E-state index in [0.29, 0.717) is 0 Å². The molecule has 0 spiro atoms. The summed E-state index contributed by atoms with van der Waals surface area (Å²) in [6.45, 7) is 7.05. The summed E-state index contributed by atoms with van der Waals surface area (Å²) in [4.78, 5) is 9.28. The molecule has 3 nitrogen and oxygen atoms in total. The number of halogens is 2. The van der Waals surface area contributed by atoms with Crippen LogP contribution in [0.15, 0.2) is 27.1 Å². The number of hydrogen-bond donors (Lipinski definition) is 1. The van der Waals surface area contributed by atoms with Gasteiger partial charge in [-0.05, 0) is 47.8 Å². The predicted octanol–water partition coefficient (Wildman–Crippen LogP) is 4.97. The molecule has 0 aliphatic rings. The van der Waals surface area contributed by atoms with E-state index in [9.17, 15) is 0 Å².